The van der Waals surface area contributed by atoms with Crippen molar-refractivity contribution < 1.29 is 22.9 Å². The van der Waals surface area contributed by atoms with Crippen LogP contribution in [0.5, 0.6) is 0 Å². The van der Waals surface area contributed by atoms with Crippen LogP contribution in [0.2, 0.25) is 0 Å². The summed E-state index contributed by atoms with van der Waals surface area (Å²) in [6, 6.07) is 17.5. The molecule has 1 N–H and O–H groups in total. The van der Waals surface area contributed by atoms with Crippen molar-refractivity contribution in [1.82, 2.24) is 0 Å². The van der Waals surface area contributed by atoms with Crippen molar-refractivity contribution in [2.75, 3.05) is 36.9 Å². The molecule has 35 heavy (non-hydrogen) atoms. The van der Waals surface area contributed by atoms with E-state index in [4.69, 9.17) is 0 Å². The molecular weight excluding hydrogens is 448 g/mol. The van der Waals surface area contributed by atoms with Gasteiger partial charge in [-0.1, -0.05) is 17.7 Å². The highest BCUT2D eigenvalue weighted by atomic mass is 19.1. The van der Waals surface area contributed by atoms with E-state index < -0.39 is 0 Å². The van der Waals surface area contributed by atoms with E-state index in [0.29, 0.717) is 22.3 Å². The monoisotopic (exact) mass is 476 g/mol. The maximum atomic E-state index is 13.5. The van der Waals surface area contributed by atoms with Gasteiger partial charge in [0, 0.05) is 23.4 Å². The van der Waals surface area contributed by atoms with Gasteiger partial charge < -0.3 is 14.7 Å². The normalized spacial score (nSPS) is 22.9. The standard InChI is InChI=1S/C28H27F2N3O2/c1-18-3-12-25-23(15-18)24-16-33(2,17-27(34)31-22-10-8-21(30)9-11-22)14-13-26(24)32(25)28(35)19-4-6-20(29)7-5-19/h3-12,15,24,26H,13-14,16-17H2,1-2H3/p+1. The molecule has 2 aliphatic rings. The molecule has 0 radical (unpaired) electrons. The Kier molecular flexibility index (Phi) is 5.89. The van der Waals surface area contributed by atoms with Gasteiger partial charge in [0.1, 0.15) is 11.6 Å². The minimum absolute atomic E-state index is 0.0179. The molecule has 5 rings (SSSR count). The molecule has 2 aliphatic heterocycles. The number of quaternary nitrogens is 1. The third kappa shape index (κ3) is 4.56. The van der Waals surface area contributed by atoms with Crippen LogP contribution in [0.15, 0.2) is 66.7 Å². The van der Waals surface area contributed by atoms with Gasteiger partial charge in [-0.15, -0.1) is 0 Å². The zero-order valence-corrected chi connectivity index (χ0v) is 19.8. The summed E-state index contributed by atoms with van der Waals surface area (Å²) in [5, 5.41) is 2.87. The van der Waals surface area contributed by atoms with E-state index in [0.717, 1.165) is 29.8 Å². The summed E-state index contributed by atoms with van der Waals surface area (Å²) in [5.41, 5.74) is 4.15. The highest BCUT2D eigenvalue weighted by molar-refractivity contribution is 6.08. The Morgan fingerprint density at radius 1 is 1.00 bits per heavy atom. The van der Waals surface area contributed by atoms with Crippen molar-refractivity contribution in [2.24, 2.45) is 0 Å². The molecular formula is C28H28F2N3O2+. The summed E-state index contributed by atoms with van der Waals surface area (Å²) in [5.74, 6) is -0.890. The third-order valence-electron chi connectivity index (χ3n) is 7.20. The lowest BCUT2D eigenvalue weighted by Crippen LogP contribution is -2.58. The van der Waals surface area contributed by atoms with Gasteiger partial charge in [0.15, 0.2) is 6.54 Å². The number of hydrogen-bond donors (Lipinski definition) is 1. The molecule has 0 aromatic heterocycles. The molecule has 2 amide bonds. The Morgan fingerprint density at radius 3 is 2.34 bits per heavy atom. The maximum Gasteiger partial charge on any atom is 0.279 e. The van der Waals surface area contributed by atoms with Crippen molar-refractivity contribution in [3.8, 4) is 0 Å². The summed E-state index contributed by atoms with van der Waals surface area (Å²) in [6.07, 6.45) is 0.742. The van der Waals surface area contributed by atoms with Gasteiger partial charge in [0.05, 0.1) is 32.1 Å². The molecule has 3 aromatic carbocycles. The number of carbonyl (C=O) groups excluding carboxylic acids is 2. The number of aryl methyl sites for hydroxylation is 1. The summed E-state index contributed by atoms with van der Waals surface area (Å²) < 4.78 is 27.2. The van der Waals surface area contributed by atoms with Crippen LogP contribution in [0.1, 0.15) is 33.8 Å². The fourth-order valence-electron chi connectivity index (χ4n) is 5.53. The van der Waals surface area contributed by atoms with Crippen molar-refractivity contribution in [2.45, 2.75) is 25.3 Å². The van der Waals surface area contributed by atoms with Gasteiger partial charge in [-0.25, -0.2) is 8.78 Å². The molecule has 3 atom stereocenters. The number of benzene rings is 3. The highest BCUT2D eigenvalue weighted by Crippen LogP contribution is 2.47. The molecule has 0 spiro atoms. The molecule has 0 saturated carbocycles. The predicted octanol–water partition coefficient (Wildman–Crippen LogP) is 4.87. The third-order valence-corrected chi connectivity index (χ3v) is 7.20. The Labute approximate surface area is 203 Å². The van der Waals surface area contributed by atoms with Crippen LogP contribution in [0.4, 0.5) is 20.2 Å². The fourth-order valence-corrected chi connectivity index (χ4v) is 5.53. The molecule has 180 valence electrons. The smallest absolute Gasteiger partial charge is 0.279 e. The highest BCUT2D eigenvalue weighted by Gasteiger charge is 2.49. The molecule has 2 heterocycles. The molecule has 1 fully saturated rings. The maximum absolute atomic E-state index is 13.5. The molecule has 3 unspecified atom stereocenters. The van der Waals surface area contributed by atoms with Crippen molar-refractivity contribution in [3.63, 3.8) is 0 Å². The van der Waals surface area contributed by atoms with Crippen LogP contribution in [0.3, 0.4) is 0 Å². The summed E-state index contributed by atoms with van der Waals surface area (Å²) in [7, 11) is 2.07. The van der Waals surface area contributed by atoms with E-state index in [1.165, 1.54) is 36.4 Å². The van der Waals surface area contributed by atoms with Crippen LogP contribution < -0.4 is 10.2 Å². The zero-order chi connectivity index (χ0) is 24.7. The van der Waals surface area contributed by atoms with Crippen LogP contribution in [0, 0.1) is 18.6 Å². The Morgan fingerprint density at radius 2 is 1.66 bits per heavy atom. The second kappa shape index (κ2) is 8.89. The number of nitrogens with one attached hydrogen (secondary N) is 1. The summed E-state index contributed by atoms with van der Waals surface area (Å²) >= 11 is 0. The van der Waals surface area contributed by atoms with Gasteiger partial charge in [-0.3, -0.25) is 9.59 Å². The number of piperidine rings is 1. The first-order valence-corrected chi connectivity index (χ1v) is 11.8. The molecule has 1 saturated heterocycles. The van der Waals surface area contributed by atoms with Gasteiger partial charge in [-0.2, -0.15) is 0 Å². The minimum Gasteiger partial charge on any atom is -0.321 e. The molecule has 0 bridgehead atoms. The predicted molar refractivity (Wildman–Crippen MR) is 131 cm³/mol. The number of likely N-dealkylation sites (tertiary alicyclic amines) is 1. The first-order chi connectivity index (χ1) is 16.7. The quantitative estimate of drug-likeness (QED) is 0.546. The summed E-state index contributed by atoms with van der Waals surface area (Å²) in [4.78, 5) is 28.2. The zero-order valence-electron chi connectivity index (χ0n) is 19.8. The second-order valence-corrected chi connectivity index (χ2v) is 9.95. The van der Waals surface area contributed by atoms with Gasteiger partial charge >= 0.3 is 0 Å². The number of carbonyl (C=O) groups is 2. The van der Waals surface area contributed by atoms with Gasteiger partial charge in [0.25, 0.3) is 11.8 Å². The lowest BCUT2D eigenvalue weighted by atomic mass is 9.87. The Balaban J connectivity index is 1.38. The van der Waals surface area contributed by atoms with E-state index >= 15 is 0 Å². The van der Waals surface area contributed by atoms with Crippen LogP contribution >= 0.6 is 0 Å². The van der Waals surface area contributed by atoms with E-state index in [-0.39, 0.29) is 42.0 Å². The fraction of sp³-hybridized carbons (Fsp3) is 0.286. The van der Waals surface area contributed by atoms with Crippen molar-refractivity contribution in [1.29, 1.82) is 0 Å². The number of anilines is 2. The SMILES string of the molecule is Cc1ccc2c(c1)C1C[N+](C)(CC(=O)Nc3ccc(F)cc3)CCC1N2C(=O)c1ccc(F)cc1. The van der Waals surface area contributed by atoms with E-state index in [9.17, 15) is 18.4 Å². The number of halogens is 2. The molecule has 0 aliphatic carbocycles. The lowest BCUT2D eigenvalue weighted by Gasteiger charge is -2.43. The first-order valence-electron chi connectivity index (χ1n) is 11.8. The molecule has 3 aromatic rings. The number of hydrogen-bond acceptors (Lipinski definition) is 2. The minimum atomic E-state index is -0.374. The lowest BCUT2D eigenvalue weighted by molar-refractivity contribution is -0.907. The average molecular weight is 477 g/mol. The van der Waals surface area contributed by atoms with E-state index in [1.807, 2.05) is 24.0 Å². The second-order valence-electron chi connectivity index (χ2n) is 9.95. The molecule has 5 nitrogen and oxygen atoms in total. The number of amides is 2. The van der Waals surface area contributed by atoms with Crippen molar-refractivity contribution >= 4 is 23.2 Å². The number of likely N-dealkylation sites (N-methyl/N-ethyl adjacent to an activating group) is 1. The molecule has 7 heteroatoms. The van der Waals surface area contributed by atoms with Gasteiger partial charge in [0.2, 0.25) is 0 Å². The largest absolute Gasteiger partial charge is 0.321 e. The summed E-state index contributed by atoms with van der Waals surface area (Å²) in [6.45, 7) is 3.77. The first kappa shape index (κ1) is 23.2. The van der Waals surface area contributed by atoms with Crippen LogP contribution in [-0.4, -0.2) is 49.0 Å². The number of fused-ring (bicyclic) bond motifs is 3. The Bertz CT molecular complexity index is 1280. The van der Waals surface area contributed by atoms with Gasteiger partial charge in [-0.05, 0) is 67.1 Å². The number of rotatable bonds is 4. The Hall–Kier alpha value is -3.58. The van der Waals surface area contributed by atoms with Crippen LogP contribution in [0.25, 0.3) is 0 Å². The van der Waals surface area contributed by atoms with Crippen molar-refractivity contribution in [3.05, 3.63) is 95.1 Å². The number of nitrogens with zero attached hydrogens (tertiary/aromatic N) is 2. The van der Waals surface area contributed by atoms with E-state index in [2.05, 4.69) is 18.4 Å². The van der Waals surface area contributed by atoms with E-state index in [1.54, 1.807) is 12.1 Å². The van der Waals surface area contributed by atoms with Crippen LogP contribution in [-0.2, 0) is 4.79 Å². The topological polar surface area (TPSA) is 49.4 Å². The average Bonchev–Trinajstić information content (AvgIpc) is 3.12.